The highest BCUT2D eigenvalue weighted by Gasteiger charge is 2.03. The summed E-state index contributed by atoms with van der Waals surface area (Å²) in [4.78, 5) is 4.30. The summed E-state index contributed by atoms with van der Waals surface area (Å²) in [6.45, 7) is 3.55. The average molecular weight is 231 g/mol. The molecule has 0 aliphatic rings. The van der Waals surface area contributed by atoms with Crippen LogP contribution in [0.1, 0.15) is 5.56 Å². The van der Waals surface area contributed by atoms with Crippen LogP contribution in [-0.4, -0.2) is 23.3 Å². The maximum Gasteiger partial charge on any atom is 0.207 e. The van der Waals surface area contributed by atoms with Gasteiger partial charge in [-0.3, -0.25) is 0 Å². The molecular formula is C13H17N3O. The van der Waals surface area contributed by atoms with Gasteiger partial charge in [0.05, 0.1) is 6.61 Å². The van der Waals surface area contributed by atoms with E-state index in [-0.39, 0.29) is 0 Å². The van der Waals surface area contributed by atoms with Crippen molar-refractivity contribution in [2.75, 3.05) is 19.0 Å². The summed E-state index contributed by atoms with van der Waals surface area (Å²) in [5.74, 6) is 0.844. The minimum absolute atomic E-state index is 0.679. The molecule has 4 nitrogen and oxygen atoms in total. The molecule has 0 aliphatic heterocycles. The number of nitrogens with zero attached hydrogens (tertiary/aromatic N) is 2. The molecular weight excluding hydrogens is 214 g/mol. The van der Waals surface area contributed by atoms with Gasteiger partial charge in [0.15, 0.2) is 0 Å². The van der Waals surface area contributed by atoms with E-state index in [0.717, 1.165) is 18.2 Å². The number of benzene rings is 1. The number of methoxy groups -OCH3 is 1. The number of hydrogen-bond donors (Lipinski definition) is 1. The number of aryl methyl sites for hydroxylation is 1. The minimum Gasteiger partial charge on any atom is -0.383 e. The molecule has 0 aliphatic carbocycles. The van der Waals surface area contributed by atoms with Gasteiger partial charge in [-0.15, -0.1) is 0 Å². The SMILES string of the molecule is COCCn1ccnc1Nc1ccccc1C. The molecule has 0 saturated carbocycles. The maximum absolute atomic E-state index is 5.07. The predicted octanol–water partition coefficient (Wildman–Crippen LogP) is 2.58. The van der Waals surface area contributed by atoms with Gasteiger partial charge < -0.3 is 14.6 Å². The molecule has 4 heteroatoms. The van der Waals surface area contributed by atoms with Crippen LogP contribution in [0.4, 0.5) is 11.6 Å². The van der Waals surface area contributed by atoms with Crippen molar-refractivity contribution in [1.29, 1.82) is 0 Å². The summed E-state index contributed by atoms with van der Waals surface area (Å²) in [6.07, 6.45) is 3.73. The van der Waals surface area contributed by atoms with E-state index in [1.807, 2.05) is 29.0 Å². The summed E-state index contributed by atoms with van der Waals surface area (Å²) in [6, 6.07) is 8.16. The fraction of sp³-hybridized carbons (Fsp3) is 0.308. The Hall–Kier alpha value is -1.81. The number of hydrogen-bond acceptors (Lipinski definition) is 3. The Balaban J connectivity index is 2.13. The van der Waals surface area contributed by atoms with Gasteiger partial charge in [0, 0.05) is 31.7 Å². The Labute approximate surface area is 101 Å². The Morgan fingerprint density at radius 1 is 1.35 bits per heavy atom. The molecule has 90 valence electrons. The van der Waals surface area contributed by atoms with E-state index in [9.17, 15) is 0 Å². The highest BCUT2D eigenvalue weighted by molar-refractivity contribution is 5.58. The first-order valence-corrected chi connectivity index (χ1v) is 5.64. The van der Waals surface area contributed by atoms with Crippen molar-refractivity contribution in [3.8, 4) is 0 Å². The zero-order valence-corrected chi connectivity index (χ0v) is 10.2. The van der Waals surface area contributed by atoms with E-state index in [2.05, 4.69) is 23.3 Å². The molecule has 0 radical (unpaired) electrons. The van der Waals surface area contributed by atoms with Crippen molar-refractivity contribution in [3.05, 3.63) is 42.2 Å². The smallest absolute Gasteiger partial charge is 0.207 e. The molecule has 0 fully saturated rings. The van der Waals surface area contributed by atoms with Crippen LogP contribution in [0.5, 0.6) is 0 Å². The topological polar surface area (TPSA) is 39.1 Å². The molecule has 1 heterocycles. The molecule has 0 spiro atoms. The first kappa shape index (κ1) is 11.7. The third-order valence-corrected chi connectivity index (χ3v) is 2.64. The lowest BCUT2D eigenvalue weighted by Crippen LogP contribution is -2.07. The van der Waals surface area contributed by atoms with Crippen LogP contribution in [0.15, 0.2) is 36.7 Å². The van der Waals surface area contributed by atoms with Crippen LogP contribution < -0.4 is 5.32 Å². The third kappa shape index (κ3) is 2.85. The molecule has 0 atom stereocenters. The largest absolute Gasteiger partial charge is 0.383 e. The lowest BCUT2D eigenvalue weighted by atomic mass is 10.2. The lowest BCUT2D eigenvalue weighted by molar-refractivity contribution is 0.188. The highest BCUT2D eigenvalue weighted by Crippen LogP contribution is 2.18. The lowest BCUT2D eigenvalue weighted by Gasteiger charge is -2.11. The predicted molar refractivity (Wildman–Crippen MR) is 68.6 cm³/mol. The van der Waals surface area contributed by atoms with Gasteiger partial charge in [0.1, 0.15) is 0 Å². The van der Waals surface area contributed by atoms with Crippen LogP contribution in [0, 0.1) is 6.92 Å². The average Bonchev–Trinajstić information content (AvgIpc) is 2.77. The second-order valence-electron chi connectivity index (χ2n) is 3.88. The van der Waals surface area contributed by atoms with Gasteiger partial charge in [-0.1, -0.05) is 18.2 Å². The molecule has 0 saturated heterocycles. The number of imidazole rings is 1. The van der Waals surface area contributed by atoms with E-state index in [1.165, 1.54) is 5.56 Å². The van der Waals surface area contributed by atoms with E-state index in [0.29, 0.717) is 6.61 Å². The monoisotopic (exact) mass is 231 g/mol. The number of anilines is 2. The van der Waals surface area contributed by atoms with Crippen molar-refractivity contribution in [1.82, 2.24) is 9.55 Å². The number of aromatic nitrogens is 2. The number of para-hydroxylation sites is 1. The second kappa shape index (κ2) is 5.50. The van der Waals surface area contributed by atoms with Crippen molar-refractivity contribution in [2.45, 2.75) is 13.5 Å². The zero-order chi connectivity index (χ0) is 12.1. The van der Waals surface area contributed by atoms with Crippen molar-refractivity contribution < 1.29 is 4.74 Å². The van der Waals surface area contributed by atoms with Crippen molar-refractivity contribution in [3.63, 3.8) is 0 Å². The van der Waals surface area contributed by atoms with Gasteiger partial charge in [0.25, 0.3) is 0 Å². The van der Waals surface area contributed by atoms with E-state index < -0.39 is 0 Å². The summed E-state index contributed by atoms with van der Waals surface area (Å²) in [7, 11) is 1.70. The Kier molecular flexibility index (Phi) is 3.77. The molecule has 0 amide bonds. The van der Waals surface area contributed by atoms with Gasteiger partial charge in [-0.25, -0.2) is 4.98 Å². The standard InChI is InChI=1S/C13H17N3O/c1-11-5-3-4-6-12(11)15-13-14-7-8-16(13)9-10-17-2/h3-8H,9-10H2,1-2H3,(H,14,15). The van der Waals surface area contributed by atoms with E-state index >= 15 is 0 Å². The molecule has 2 aromatic rings. The van der Waals surface area contributed by atoms with Crippen LogP contribution in [0.2, 0.25) is 0 Å². The van der Waals surface area contributed by atoms with Crippen LogP contribution in [0.25, 0.3) is 0 Å². The second-order valence-corrected chi connectivity index (χ2v) is 3.88. The van der Waals surface area contributed by atoms with Crippen molar-refractivity contribution >= 4 is 11.6 Å². The zero-order valence-electron chi connectivity index (χ0n) is 10.2. The van der Waals surface area contributed by atoms with Crippen LogP contribution >= 0.6 is 0 Å². The summed E-state index contributed by atoms with van der Waals surface area (Å²) in [5.41, 5.74) is 2.28. The first-order valence-electron chi connectivity index (χ1n) is 5.64. The number of ether oxygens (including phenoxy) is 1. The quantitative estimate of drug-likeness (QED) is 0.859. The fourth-order valence-electron chi connectivity index (χ4n) is 1.64. The summed E-state index contributed by atoms with van der Waals surface area (Å²) in [5, 5.41) is 3.33. The third-order valence-electron chi connectivity index (χ3n) is 2.64. The number of rotatable bonds is 5. The fourth-order valence-corrected chi connectivity index (χ4v) is 1.64. The van der Waals surface area contributed by atoms with Crippen LogP contribution in [0.3, 0.4) is 0 Å². The van der Waals surface area contributed by atoms with E-state index in [1.54, 1.807) is 13.3 Å². The summed E-state index contributed by atoms with van der Waals surface area (Å²) >= 11 is 0. The van der Waals surface area contributed by atoms with Gasteiger partial charge >= 0.3 is 0 Å². The molecule has 2 rings (SSSR count). The molecule has 0 bridgehead atoms. The molecule has 1 aromatic heterocycles. The van der Waals surface area contributed by atoms with Gasteiger partial charge in [-0.2, -0.15) is 0 Å². The minimum atomic E-state index is 0.679. The summed E-state index contributed by atoms with van der Waals surface area (Å²) < 4.78 is 7.11. The molecule has 1 aromatic carbocycles. The number of nitrogens with one attached hydrogen (secondary N) is 1. The van der Waals surface area contributed by atoms with Crippen LogP contribution in [-0.2, 0) is 11.3 Å². The Bertz CT molecular complexity index is 479. The van der Waals surface area contributed by atoms with E-state index in [4.69, 9.17) is 4.74 Å². The van der Waals surface area contributed by atoms with Gasteiger partial charge in [-0.05, 0) is 18.6 Å². The first-order chi connectivity index (χ1) is 8.31. The van der Waals surface area contributed by atoms with Crippen molar-refractivity contribution in [2.24, 2.45) is 0 Å². The maximum atomic E-state index is 5.07. The molecule has 17 heavy (non-hydrogen) atoms. The molecule has 0 unspecified atom stereocenters. The highest BCUT2D eigenvalue weighted by atomic mass is 16.5. The molecule has 1 N–H and O–H groups in total. The normalized spacial score (nSPS) is 10.5. The Morgan fingerprint density at radius 2 is 2.18 bits per heavy atom. The van der Waals surface area contributed by atoms with Gasteiger partial charge in [0.2, 0.25) is 5.95 Å². The Morgan fingerprint density at radius 3 is 2.94 bits per heavy atom.